The molecule has 2 aliphatic heterocycles. The topological polar surface area (TPSA) is 381 Å². The van der Waals surface area contributed by atoms with Gasteiger partial charge in [-0.25, -0.2) is 0 Å². The molecular weight excluding hydrogens is 636 g/mol. The molecule has 1 saturated carbocycles. The summed E-state index contributed by atoms with van der Waals surface area (Å²) in [5.74, 6) is -1.91. The Balaban J connectivity index is 1.90. The fraction of sp³-hybridized carbons (Fsp3) is 0.923. The van der Waals surface area contributed by atoms with E-state index >= 15 is 0 Å². The van der Waals surface area contributed by atoms with Crippen LogP contribution in [0.2, 0.25) is 0 Å². The van der Waals surface area contributed by atoms with Gasteiger partial charge in [0.05, 0.1) is 18.7 Å². The Morgan fingerprint density at radius 2 is 1.26 bits per heavy atom. The number of aliphatic hydroxyl groups is 9. The zero-order valence-corrected chi connectivity index (χ0v) is 25.5. The Morgan fingerprint density at radius 3 is 1.81 bits per heavy atom. The predicted molar refractivity (Wildman–Crippen MR) is 155 cm³/mol. The van der Waals surface area contributed by atoms with E-state index in [1.54, 1.807) is 0 Å². The Labute approximate surface area is 269 Å². The molecule has 3 fully saturated rings. The van der Waals surface area contributed by atoms with Crippen molar-refractivity contribution >= 4 is 11.8 Å². The number of carbonyl (C=O) groups excluding carboxylic acids is 2. The molecule has 0 spiro atoms. The second kappa shape index (κ2) is 17.8. The minimum atomic E-state index is -1.89. The number of hydrogen-bond acceptors (Lipinski definition) is 19. The predicted octanol–water partition coefficient (Wildman–Crippen LogP) is -9.56. The Hall–Kier alpha value is -1.74. The maximum Gasteiger partial charge on any atom is 0.249 e. The molecule has 274 valence electrons. The summed E-state index contributed by atoms with van der Waals surface area (Å²) in [6.07, 6.45) is -23.3. The highest BCUT2D eigenvalue weighted by molar-refractivity contribution is 5.81. The van der Waals surface area contributed by atoms with Crippen LogP contribution in [-0.2, 0) is 28.5 Å². The van der Waals surface area contributed by atoms with Gasteiger partial charge in [0.2, 0.25) is 11.8 Å². The van der Waals surface area contributed by atoms with Gasteiger partial charge >= 0.3 is 0 Å². The van der Waals surface area contributed by atoms with Gasteiger partial charge in [0.1, 0.15) is 73.2 Å². The third-order valence-electron chi connectivity index (χ3n) is 8.51. The van der Waals surface area contributed by atoms with Crippen molar-refractivity contribution in [3.63, 3.8) is 0 Å². The lowest BCUT2D eigenvalue weighted by molar-refractivity contribution is -0.333. The Bertz CT molecular complexity index is 1000. The van der Waals surface area contributed by atoms with E-state index in [0.717, 1.165) is 0 Å². The van der Waals surface area contributed by atoms with E-state index < -0.39 is 122 Å². The first-order valence-corrected chi connectivity index (χ1v) is 15.3. The fourth-order valence-corrected chi connectivity index (χ4v) is 5.76. The van der Waals surface area contributed by atoms with Crippen LogP contribution in [0.4, 0.5) is 0 Å². The van der Waals surface area contributed by atoms with Crippen LogP contribution < -0.4 is 33.6 Å². The Kier molecular flexibility index (Phi) is 15.0. The number of rotatable bonds is 14. The summed E-state index contributed by atoms with van der Waals surface area (Å²) in [6, 6.07) is -3.92. The molecular formula is C26H50N6O15. The normalized spacial score (nSPS) is 42.4. The van der Waals surface area contributed by atoms with E-state index in [1.165, 1.54) is 0 Å². The smallest absolute Gasteiger partial charge is 0.249 e. The van der Waals surface area contributed by atoms with Crippen molar-refractivity contribution in [2.45, 2.75) is 123 Å². The highest BCUT2D eigenvalue weighted by atomic mass is 16.7. The first-order chi connectivity index (χ1) is 22.2. The molecule has 1 aliphatic carbocycles. The van der Waals surface area contributed by atoms with E-state index in [2.05, 4.69) is 10.6 Å². The zero-order valence-electron chi connectivity index (χ0n) is 25.5. The van der Waals surface area contributed by atoms with Crippen molar-refractivity contribution in [1.82, 2.24) is 10.6 Å². The summed E-state index contributed by atoms with van der Waals surface area (Å²) in [5, 5.41) is 99.1. The Morgan fingerprint density at radius 1 is 0.723 bits per heavy atom. The van der Waals surface area contributed by atoms with Gasteiger partial charge < -0.3 is 98.5 Å². The minimum Gasteiger partial charge on any atom is -0.394 e. The standard InChI is InChI=1S/C26H50N6O15/c27-3-1-10(34)23(42)31-9-5-8(30)21(46-26-19(40)18(39)16(37)12(6-29)44-26)20(41)22(9)47-25-17(38)14(15(36)13(7-33)45-25)32-24(43)11(35)2-4-28/h8-22,25-26,33-41H,1-7,27-30H2,(H,31,42)(H,32,43). The maximum atomic E-state index is 12.8. The van der Waals surface area contributed by atoms with Crippen LogP contribution in [-0.4, -0.2) is 188 Å². The van der Waals surface area contributed by atoms with Crippen molar-refractivity contribution in [1.29, 1.82) is 0 Å². The molecule has 2 heterocycles. The number of hydrogen-bond donors (Lipinski definition) is 15. The van der Waals surface area contributed by atoms with E-state index in [4.69, 9.17) is 41.9 Å². The largest absolute Gasteiger partial charge is 0.394 e. The van der Waals surface area contributed by atoms with Gasteiger partial charge in [0, 0.05) is 12.6 Å². The molecule has 2 amide bonds. The second-order valence-corrected chi connectivity index (χ2v) is 11.9. The third-order valence-corrected chi connectivity index (χ3v) is 8.51. The molecule has 0 aromatic heterocycles. The molecule has 21 nitrogen and oxygen atoms in total. The molecule has 2 saturated heterocycles. The number of carbonyl (C=O) groups is 2. The number of nitrogens with one attached hydrogen (secondary N) is 2. The van der Waals surface area contributed by atoms with Crippen LogP contribution in [0.15, 0.2) is 0 Å². The van der Waals surface area contributed by atoms with Crippen molar-refractivity contribution in [2.75, 3.05) is 26.2 Å². The number of nitrogens with two attached hydrogens (primary N) is 4. The molecule has 0 radical (unpaired) electrons. The van der Waals surface area contributed by atoms with Gasteiger partial charge in [-0.15, -0.1) is 0 Å². The van der Waals surface area contributed by atoms with Crippen LogP contribution in [0.3, 0.4) is 0 Å². The zero-order chi connectivity index (χ0) is 35.2. The van der Waals surface area contributed by atoms with E-state index in [-0.39, 0.29) is 38.9 Å². The molecule has 47 heavy (non-hydrogen) atoms. The SMILES string of the molecule is NCCC(O)C(=O)NC1CC(N)C(OC2OC(CN)C(O)C(O)C2O)C(O)C1OC1OC(CO)C(O)C(NC(=O)C(O)CCN)C1O. The fourth-order valence-electron chi connectivity index (χ4n) is 5.76. The van der Waals surface area contributed by atoms with Crippen LogP contribution in [0, 0.1) is 0 Å². The van der Waals surface area contributed by atoms with Crippen LogP contribution >= 0.6 is 0 Å². The number of amides is 2. The van der Waals surface area contributed by atoms with Gasteiger partial charge in [-0.3, -0.25) is 9.59 Å². The summed E-state index contributed by atoms with van der Waals surface area (Å²) in [7, 11) is 0. The summed E-state index contributed by atoms with van der Waals surface area (Å²) in [4.78, 5) is 25.3. The van der Waals surface area contributed by atoms with Crippen molar-refractivity contribution < 1.29 is 74.5 Å². The van der Waals surface area contributed by atoms with Crippen molar-refractivity contribution in [3.05, 3.63) is 0 Å². The molecule has 0 aromatic carbocycles. The molecule has 0 aromatic rings. The van der Waals surface area contributed by atoms with Crippen molar-refractivity contribution in [2.24, 2.45) is 22.9 Å². The highest BCUT2D eigenvalue weighted by Gasteiger charge is 2.53. The monoisotopic (exact) mass is 686 g/mol. The van der Waals surface area contributed by atoms with Gasteiger partial charge in [-0.1, -0.05) is 0 Å². The van der Waals surface area contributed by atoms with Gasteiger partial charge in [0.25, 0.3) is 0 Å². The maximum absolute atomic E-state index is 12.8. The van der Waals surface area contributed by atoms with Gasteiger partial charge in [-0.05, 0) is 32.4 Å². The lowest BCUT2D eigenvalue weighted by Gasteiger charge is -2.49. The van der Waals surface area contributed by atoms with E-state index in [0.29, 0.717) is 0 Å². The van der Waals surface area contributed by atoms with Crippen LogP contribution in [0.5, 0.6) is 0 Å². The molecule has 0 bridgehead atoms. The molecule has 17 unspecified atom stereocenters. The van der Waals surface area contributed by atoms with Gasteiger partial charge in [-0.2, -0.15) is 0 Å². The summed E-state index contributed by atoms with van der Waals surface area (Å²) in [5.41, 5.74) is 22.7. The average Bonchev–Trinajstić information content (AvgIpc) is 3.03. The summed E-state index contributed by atoms with van der Waals surface area (Å²) < 4.78 is 22.8. The molecule has 21 heteroatoms. The molecule has 19 N–H and O–H groups in total. The van der Waals surface area contributed by atoms with E-state index in [1.807, 2.05) is 0 Å². The minimum absolute atomic E-state index is 0.0363. The first-order valence-electron chi connectivity index (χ1n) is 15.3. The quantitative estimate of drug-likeness (QED) is 0.0806. The first kappa shape index (κ1) is 39.7. The summed E-state index contributed by atoms with van der Waals surface area (Å²) >= 11 is 0. The van der Waals surface area contributed by atoms with Crippen LogP contribution in [0.1, 0.15) is 19.3 Å². The van der Waals surface area contributed by atoms with Crippen LogP contribution in [0.25, 0.3) is 0 Å². The third kappa shape index (κ3) is 9.29. The van der Waals surface area contributed by atoms with E-state index in [9.17, 15) is 55.5 Å². The highest BCUT2D eigenvalue weighted by Crippen LogP contribution is 2.32. The summed E-state index contributed by atoms with van der Waals surface area (Å²) in [6.45, 7) is -1.18. The van der Waals surface area contributed by atoms with Crippen molar-refractivity contribution in [3.8, 4) is 0 Å². The number of ether oxygens (including phenoxy) is 4. The second-order valence-electron chi connectivity index (χ2n) is 11.9. The molecule has 17 atom stereocenters. The van der Waals surface area contributed by atoms with Gasteiger partial charge in [0.15, 0.2) is 12.6 Å². The molecule has 3 aliphatic rings. The average molecular weight is 687 g/mol. The lowest BCUT2D eigenvalue weighted by Crippen LogP contribution is -2.70. The lowest BCUT2D eigenvalue weighted by atomic mass is 9.83. The number of aliphatic hydroxyl groups excluding tert-OH is 9. The molecule has 3 rings (SSSR count).